The zero-order chi connectivity index (χ0) is 17.3. The summed E-state index contributed by atoms with van der Waals surface area (Å²) >= 11 is 0. The molecule has 2 aromatic rings. The van der Waals surface area contributed by atoms with Gasteiger partial charge in [0.15, 0.2) is 5.58 Å². The van der Waals surface area contributed by atoms with Gasteiger partial charge in [-0.2, -0.15) is 0 Å². The first-order chi connectivity index (χ1) is 11.5. The van der Waals surface area contributed by atoms with Gasteiger partial charge < -0.3 is 14.6 Å². The maximum Gasteiger partial charge on any atom is 0.419 e. The van der Waals surface area contributed by atoms with Crippen LogP contribution in [0.15, 0.2) is 27.4 Å². The van der Waals surface area contributed by atoms with Crippen LogP contribution in [0.25, 0.3) is 11.1 Å². The van der Waals surface area contributed by atoms with E-state index in [-0.39, 0.29) is 12.1 Å². The lowest BCUT2D eigenvalue weighted by Gasteiger charge is -2.34. The van der Waals surface area contributed by atoms with E-state index < -0.39 is 5.76 Å². The Balaban J connectivity index is 1.70. The minimum absolute atomic E-state index is 0.134. The number of carbonyl (C=O) groups excluding carboxylic acids is 1. The number of aryl methyl sites for hydroxylation is 1. The Labute approximate surface area is 141 Å². The van der Waals surface area contributed by atoms with Crippen LogP contribution in [0.5, 0.6) is 0 Å². The van der Waals surface area contributed by atoms with Crippen LogP contribution >= 0.6 is 0 Å². The molecule has 1 aliphatic carbocycles. The van der Waals surface area contributed by atoms with Crippen molar-refractivity contribution in [2.24, 2.45) is 13.0 Å². The SMILES string of the molecule is CC(C1CCCCC1)N(C)C(=O)Nc1ccc2c(c1)oc(=O)n2C. The Morgan fingerprint density at radius 3 is 2.75 bits per heavy atom. The number of nitrogens with one attached hydrogen (secondary N) is 1. The smallest absolute Gasteiger partial charge is 0.408 e. The third kappa shape index (κ3) is 3.18. The van der Waals surface area contributed by atoms with E-state index in [1.165, 1.54) is 36.7 Å². The second-order valence-corrected chi connectivity index (χ2v) is 6.79. The molecule has 1 atom stereocenters. The molecule has 130 valence electrons. The molecule has 1 aromatic carbocycles. The molecule has 1 unspecified atom stereocenters. The molecule has 1 aromatic heterocycles. The highest BCUT2D eigenvalue weighted by atomic mass is 16.4. The number of benzene rings is 1. The van der Waals surface area contributed by atoms with Crippen molar-refractivity contribution in [3.63, 3.8) is 0 Å². The first kappa shape index (κ1) is 16.6. The molecule has 6 nitrogen and oxygen atoms in total. The van der Waals surface area contributed by atoms with Gasteiger partial charge in [-0.05, 0) is 37.8 Å². The van der Waals surface area contributed by atoms with Gasteiger partial charge in [0, 0.05) is 31.9 Å². The average Bonchev–Trinajstić information content (AvgIpc) is 2.88. The first-order valence-corrected chi connectivity index (χ1v) is 8.61. The monoisotopic (exact) mass is 331 g/mol. The highest BCUT2D eigenvalue weighted by Gasteiger charge is 2.26. The number of amides is 2. The number of oxazole rings is 1. The summed E-state index contributed by atoms with van der Waals surface area (Å²) in [4.78, 5) is 25.8. The fourth-order valence-electron chi connectivity index (χ4n) is 3.54. The second-order valence-electron chi connectivity index (χ2n) is 6.79. The normalized spacial score (nSPS) is 17.0. The van der Waals surface area contributed by atoms with Crippen LogP contribution in [0.1, 0.15) is 39.0 Å². The Morgan fingerprint density at radius 1 is 1.33 bits per heavy atom. The summed E-state index contributed by atoms with van der Waals surface area (Å²) in [6.45, 7) is 2.12. The van der Waals surface area contributed by atoms with Crippen LogP contribution < -0.4 is 11.1 Å². The zero-order valence-corrected chi connectivity index (χ0v) is 14.5. The molecule has 3 rings (SSSR count). The fraction of sp³-hybridized carbons (Fsp3) is 0.556. The number of fused-ring (bicyclic) bond motifs is 1. The fourth-order valence-corrected chi connectivity index (χ4v) is 3.54. The van der Waals surface area contributed by atoms with Crippen molar-refractivity contribution >= 4 is 22.8 Å². The van der Waals surface area contributed by atoms with Gasteiger partial charge in [-0.25, -0.2) is 9.59 Å². The van der Waals surface area contributed by atoms with Gasteiger partial charge in [0.2, 0.25) is 0 Å². The van der Waals surface area contributed by atoms with Crippen molar-refractivity contribution in [3.05, 3.63) is 28.7 Å². The predicted molar refractivity (Wildman–Crippen MR) is 94.3 cm³/mol. The van der Waals surface area contributed by atoms with Crippen LogP contribution in [0.3, 0.4) is 0 Å². The first-order valence-electron chi connectivity index (χ1n) is 8.61. The van der Waals surface area contributed by atoms with Crippen molar-refractivity contribution in [1.82, 2.24) is 9.47 Å². The minimum Gasteiger partial charge on any atom is -0.408 e. The maximum absolute atomic E-state index is 12.5. The summed E-state index contributed by atoms with van der Waals surface area (Å²) in [7, 11) is 3.50. The Kier molecular flexibility index (Phi) is 4.64. The van der Waals surface area contributed by atoms with Gasteiger partial charge in [-0.3, -0.25) is 4.57 Å². The molecule has 1 heterocycles. The molecular weight excluding hydrogens is 306 g/mol. The van der Waals surface area contributed by atoms with Crippen molar-refractivity contribution in [2.75, 3.05) is 12.4 Å². The highest BCUT2D eigenvalue weighted by Crippen LogP contribution is 2.28. The Morgan fingerprint density at radius 2 is 2.04 bits per heavy atom. The van der Waals surface area contributed by atoms with Crippen molar-refractivity contribution in [2.45, 2.75) is 45.1 Å². The lowest BCUT2D eigenvalue weighted by Crippen LogP contribution is -2.42. The van der Waals surface area contributed by atoms with Crippen molar-refractivity contribution in [1.29, 1.82) is 0 Å². The Hall–Kier alpha value is -2.24. The van der Waals surface area contributed by atoms with E-state index in [1.54, 1.807) is 30.1 Å². The molecule has 0 saturated heterocycles. The summed E-state index contributed by atoms with van der Waals surface area (Å²) < 4.78 is 6.61. The van der Waals surface area contributed by atoms with E-state index in [0.29, 0.717) is 22.7 Å². The van der Waals surface area contributed by atoms with Crippen LogP contribution in [-0.4, -0.2) is 28.6 Å². The van der Waals surface area contributed by atoms with E-state index in [0.717, 1.165) is 0 Å². The molecule has 2 amide bonds. The Bertz CT molecular complexity index is 786. The number of rotatable bonds is 3. The highest BCUT2D eigenvalue weighted by molar-refractivity contribution is 5.91. The minimum atomic E-state index is -0.406. The maximum atomic E-state index is 12.5. The van der Waals surface area contributed by atoms with Crippen LogP contribution in [0.4, 0.5) is 10.5 Å². The second kappa shape index (κ2) is 6.71. The van der Waals surface area contributed by atoms with E-state index in [4.69, 9.17) is 4.42 Å². The summed E-state index contributed by atoms with van der Waals surface area (Å²) in [5.74, 6) is 0.167. The van der Waals surface area contributed by atoms with E-state index in [2.05, 4.69) is 12.2 Å². The number of anilines is 1. The topological polar surface area (TPSA) is 67.5 Å². The number of nitrogens with zero attached hydrogens (tertiary/aromatic N) is 2. The quantitative estimate of drug-likeness (QED) is 0.935. The number of urea groups is 1. The molecule has 0 aliphatic heterocycles. The van der Waals surface area contributed by atoms with Crippen molar-refractivity contribution < 1.29 is 9.21 Å². The van der Waals surface area contributed by atoms with E-state index in [1.807, 2.05) is 7.05 Å². The van der Waals surface area contributed by atoms with Gasteiger partial charge in [0.1, 0.15) is 0 Å². The van der Waals surface area contributed by atoms with Crippen LogP contribution in [0, 0.1) is 5.92 Å². The molecule has 0 bridgehead atoms. The molecule has 1 N–H and O–H groups in total. The molecule has 0 radical (unpaired) electrons. The van der Waals surface area contributed by atoms with Gasteiger partial charge >= 0.3 is 11.8 Å². The average molecular weight is 331 g/mol. The lowest BCUT2D eigenvalue weighted by atomic mass is 9.84. The number of hydrogen-bond acceptors (Lipinski definition) is 3. The third-order valence-electron chi connectivity index (χ3n) is 5.31. The van der Waals surface area contributed by atoms with Gasteiger partial charge in [-0.1, -0.05) is 19.3 Å². The molecule has 1 fully saturated rings. The van der Waals surface area contributed by atoms with E-state index >= 15 is 0 Å². The number of aromatic nitrogens is 1. The number of hydrogen-bond donors (Lipinski definition) is 1. The largest absolute Gasteiger partial charge is 0.419 e. The summed E-state index contributed by atoms with van der Waals surface area (Å²) in [5, 5.41) is 2.90. The third-order valence-corrected chi connectivity index (χ3v) is 5.31. The molecule has 1 saturated carbocycles. The number of carbonyl (C=O) groups is 1. The van der Waals surface area contributed by atoms with Crippen LogP contribution in [-0.2, 0) is 7.05 Å². The lowest BCUT2D eigenvalue weighted by molar-refractivity contribution is 0.167. The van der Waals surface area contributed by atoms with Crippen LogP contribution in [0.2, 0.25) is 0 Å². The van der Waals surface area contributed by atoms with E-state index in [9.17, 15) is 9.59 Å². The summed E-state index contributed by atoms with van der Waals surface area (Å²) in [6, 6.07) is 5.33. The standard InChI is InChI=1S/C18H25N3O3/c1-12(13-7-5-4-6-8-13)20(2)17(22)19-14-9-10-15-16(11-14)24-18(23)21(15)3/h9-13H,4-8H2,1-3H3,(H,19,22). The molecule has 1 aliphatic rings. The zero-order valence-electron chi connectivity index (χ0n) is 14.5. The molecule has 24 heavy (non-hydrogen) atoms. The summed E-state index contributed by atoms with van der Waals surface area (Å²) in [6.07, 6.45) is 6.21. The molecular formula is C18H25N3O3. The van der Waals surface area contributed by atoms with Gasteiger partial charge in [-0.15, -0.1) is 0 Å². The van der Waals surface area contributed by atoms with Gasteiger partial charge in [0.25, 0.3) is 0 Å². The van der Waals surface area contributed by atoms with Gasteiger partial charge in [0.05, 0.1) is 5.52 Å². The summed E-state index contributed by atoms with van der Waals surface area (Å²) in [5.41, 5.74) is 1.81. The van der Waals surface area contributed by atoms with Crippen molar-refractivity contribution in [3.8, 4) is 0 Å². The molecule has 0 spiro atoms. The molecule has 6 heteroatoms. The predicted octanol–water partition coefficient (Wildman–Crippen LogP) is 3.56.